The summed E-state index contributed by atoms with van der Waals surface area (Å²) in [5, 5.41) is 2.66. The number of likely N-dealkylation sites (tertiary alicyclic amines) is 1. The largest absolute Gasteiger partial charge is 0.342 e. The third-order valence-electron chi connectivity index (χ3n) is 4.79. The summed E-state index contributed by atoms with van der Waals surface area (Å²) < 4.78 is 0. The van der Waals surface area contributed by atoms with Crippen molar-refractivity contribution in [1.29, 1.82) is 0 Å². The van der Waals surface area contributed by atoms with Crippen LogP contribution in [0.15, 0.2) is 0 Å². The minimum atomic E-state index is -0.360. The van der Waals surface area contributed by atoms with Crippen molar-refractivity contribution in [2.24, 2.45) is 11.3 Å². The molecule has 7 heteroatoms. The number of carbonyl (C=O) groups is 3. The molecule has 2 rings (SSSR count). The molecule has 4 amide bonds. The van der Waals surface area contributed by atoms with Crippen LogP contribution in [0.4, 0.5) is 4.79 Å². The predicted molar refractivity (Wildman–Crippen MR) is 86.8 cm³/mol. The Kier molecular flexibility index (Phi) is 5.16. The lowest BCUT2D eigenvalue weighted by atomic mass is 9.85. The van der Waals surface area contributed by atoms with Crippen molar-refractivity contribution >= 4 is 17.8 Å². The van der Waals surface area contributed by atoms with E-state index < -0.39 is 0 Å². The van der Waals surface area contributed by atoms with E-state index in [1.807, 2.05) is 30.6 Å². The van der Waals surface area contributed by atoms with Gasteiger partial charge in [-0.3, -0.25) is 9.59 Å². The Hall–Kier alpha value is -1.79. The van der Waals surface area contributed by atoms with Crippen LogP contribution >= 0.6 is 0 Å². The number of rotatable bonds is 2. The molecule has 0 saturated carbocycles. The fraction of sp³-hybridized carbons (Fsp3) is 0.812. The molecule has 0 aromatic heterocycles. The highest BCUT2D eigenvalue weighted by atomic mass is 16.2. The maximum Gasteiger partial charge on any atom is 0.317 e. The van der Waals surface area contributed by atoms with E-state index in [-0.39, 0.29) is 29.2 Å². The summed E-state index contributed by atoms with van der Waals surface area (Å²) >= 11 is 0. The maximum atomic E-state index is 12.5. The highest BCUT2D eigenvalue weighted by molar-refractivity contribution is 5.81. The normalized spacial score (nSPS) is 25.3. The zero-order valence-corrected chi connectivity index (χ0v) is 14.6. The van der Waals surface area contributed by atoms with Crippen molar-refractivity contribution in [1.82, 2.24) is 20.0 Å². The SMILES string of the molecule is CCN1CC2(CC1=O)CN(C(=O)NC)CCN(C(=O)C(C)C)C2. The zero-order valence-electron chi connectivity index (χ0n) is 14.6. The first-order valence-electron chi connectivity index (χ1n) is 8.35. The molecule has 0 aromatic rings. The van der Waals surface area contributed by atoms with Gasteiger partial charge in [0.2, 0.25) is 11.8 Å². The van der Waals surface area contributed by atoms with Crippen molar-refractivity contribution in [3.05, 3.63) is 0 Å². The molecule has 0 radical (unpaired) electrons. The Labute approximate surface area is 138 Å². The Bertz CT molecular complexity index is 494. The molecule has 2 fully saturated rings. The van der Waals surface area contributed by atoms with Crippen molar-refractivity contribution in [2.75, 3.05) is 46.3 Å². The molecule has 0 aliphatic carbocycles. The summed E-state index contributed by atoms with van der Waals surface area (Å²) in [5.74, 6) is 0.117. The third kappa shape index (κ3) is 3.59. The Morgan fingerprint density at radius 3 is 2.30 bits per heavy atom. The number of urea groups is 1. The molecule has 23 heavy (non-hydrogen) atoms. The van der Waals surface area contributed by atoms with Crippen LogP contribution in [0.5, 0.6) is 0 Å². The molecule has 2 heterocycles. The van der Waals surface area contributed by atoms with Crippen LogP contribution in [0.2, 0.25) is 0 Å². The van der Waals surface area contributed by atoms with Gasteiger partial charge < -0.3 is 20.0 Å². The minimum Gasteiger partial charge on any atom is -0.342 e. The maximum absolute atomic E-state index is 12.5. The predicted octanol–water partition coefficient (Wildman–Crippen LogP) is 0.365. The van der Waals surface area contributed by atoms with Gasteiger partial charge in [0.1, 0.15) is 0 Å². The van der Waals surface area contributed by atoms with Gasteiger partial charge in [-0.25, -0.2) is 4.79 Å². The molecule has 0 bridgehead atoms. The molecule has 1 N–H and O–H groups in total. The van der Waals surface area contributed by atoms with E-state index in [1.54, 1.807) is 11.9 Å². The number of carbonyl (C=O) groups excluding carboxylic acids is 3. The summed E-state index contributed by atoms with van der Waals surface area (Å²) in [7, 11) is 1.61. The monoisotopic (exact) mass is 324 g/mol. The number of nitrogens with zero attached hydrogens (tertiary/aromatic N) is 3. The standard InChI is InChI=1S/C16H28N4O3/c1-5-18-9-16(8-13(18)21)10-19(14(22)12(2)3)6-7-20(11-16)15(23)17-4/h12H,5-11H2,1-4H3,(H,17,23). The average molecular weight is 324 g/mol. The summed E-state index contributed by atoms with van der Waals surface area (Å²) in [5.41, 5.74) is -0.360. The average Bonchev–Trinajstić information content (AvgIpc) is 2.71. The number of nitrogens with one attached hydrogen (secondary N) is 1. The van der Waals surface area contributed by atoms with E-state index in [9.17, 15) is 14.4 Å². The lowest BCUT2D eigenvalue weighted by Gasteiger charge is -2.34. The van der Waals surface area contributed by atoms with E-state index in [2.05, 4.69) is 5.32 Å². The Balaban J connectivity index is 2.27. The molecular formula is C16H28N4O3. The van der Waals surface area contributed by atoms with Gasteiger partial charge in [-0.15, -0.1) is 0 Å². The van der Waals surface area contributed by atoms with Gasteiger partial charge >= 0.3 is 6.03 Å². The Morgan fingerprint density at radius 1 is 1.17 bits per heavy atom. The van der Waals surface area contributed by atoms with Crippen LogP contribution in [0.25, 0.3) is 0 Å². The summed E-state index contributed by atoms with van der Waals surface area (Å²) in [6.45, 7) is 9.07. The first kappa shape index (κ1) is 17.6. The fourth-order valence-corrected chi connectivity index (χ4v) is 3.63. The number of amides is 4. The summed E-state index contributed by atoms with van der Waals surface area (Å²) in [6.07, 6.45) is 0.399. The lowest BCUT2D eigenvalue weighted by molar-refractivity contribution is -0.135. The van der Waals surface area contributed by atoms with Crippen molar-refractivity contribution in [2.45, 2.75) is 27.2 Å². The number of hydrogen-bond acceptors (Lipinski definition) is 3. The van der Waals surface area contributed by atoms with E-state index in [0.717, 1.165) is 0 Å². The van der Waals surface area contributed by atoms with Gasteiger partial charge in [-0.1, -0.05) is 13.8 Å². The second-order valence-corrected chi connectivity index (χ2v) is 6.98. The van der Waals surface area contributed by atoms with Gasteiger partial charge in [0.05, 0.1) is 0 Å². The molecule has 0 aromatic carbocycles. The minimum absolute atomic E-state index is 0.0852. The van der Waals surface area contributed by atoms with Gasteiger partial charge in [0, 0.05) is 64.1 Å². The summed E-state index contributed by atoms with van der Waals surface area (Å²) in [4.78, 5) is 42.2. The zero-order chi connectivity index (χ0) is 17.2. The van der Waals surface area contributed by atoms with Crippen molar-refractivity contribution < 1.29 is 14.4 Å². The lowest BCUT2D eigenvalue weighted by Crippen LogP contribution is -2.47. The van der Waals surface area contributed by atoms with Crippen LogP contribution in [0.1, 0.15) is 27.2 Å². The van der Waals surface area contributed by atoms with Gasteiger partial charge in [-0.2, -0.15) is 0 Å². The van der Waals surface area contributed by atoms with Crippen LogP contribution in [0.3, 0.4) is 0 Å². The smallest absolute Gasteiger partial charge is 0.317 e. The molecule has 2 aliphatic heterocycles. The van der Waals surface area contributed by atoms with Gasteiger partial charge in [-0.05, 0) is 6.92 Å². The summed E-state index contributed by atoms with van der Waals surface area (Å²) in [6, 6.07) is -0.148. The second kappa shape index (κ2) is 6.76. The molecule has 2 aliphatic rings. The van der Waals surface area contributed by atoms with E-state index in [0.29, 0.717) is 45.7 Å². The highest BCUT2D eigenvalue weighted by Gasteiger charge is 2.47. The van der Waals surface area contributed by atoms with E-state index in [4.69, 9.17) is 0 Å². The molecule has 1 atom stereocenters. The topological polar surface area (TPSA) is 73.0 Å². The van der Waals surface area contributed by atoms with Crippen LogP contribution in [0, 0.1) is 11.3 Å². The van der Waals surface area contributed by atoms with Gasteiger partial charge in [0.25, 0.3) is 0 Å². The Morgan fingerprint density at radius 2 is 1.78 bits per heavy atom. The fourth-order valence-electron chi connectivity index (χ4n) is 3.63. The molecule has 2 saturated heterocycles. The third-order valence-corrected chi connectivity index (χ3v) is 4.79. The van der Waals surface area contributed by atoms with Gasteiger partial charge in [0.15, 0.2) is 0 Å². The van der Waals surface area contributed by atoms with Crippen molar-refractivity contribution in [3.8, 4) is 0 Å². The quantitative estimate of drug-likeness (QED) is 0.797. The number of hydrogen-bond donors (Lipinski definition) is 1. The molecular weight excluding hydrogens is 296 g/mol. The van der Waals surface area contributed by atoms with Crippen LogP contribution in [-0.2, 0) is 9.59 Å². The molecule has 130 valence electrons. The van der Waals surface area contributed by atoms with Crippen LogP contribution < -0.4 is 5.32 Å². The molecule has 1 unspecified atom stereocenters. The first-order chi connectivity index (χ1) is 10.8. The van der Waals surface area contributed by atoms with Crippen LogP contribution in [-0.4, -0.2) is 78.9 Å². The van der Waals surface area contributed by atoms with E-state index >= 15 is 0 Å². The molecule has 7 nitrogen and oxygen atoms in total. The van der Waals surface area contributed by atoms with E-state index in [1.165, 1.54) is 0 Å². The second-order valence-electron chi connectivity index (χ2n) is 6.98. The van der Waals surface area contributed by atoms with Crippen molar-refractivity contribution in [3.63, 3.8) is 0 Å². The molecule has 1 spiro atoms. The highest BCUT2D eigenvalue weighted by Crippen LogP contribution is 2.35. The first-order valence-corrected chi connectivity index (χ1v) is 8.35.